The molecule has 0 bridgehead atoms. The Kier molecular flexibility index (Phi) is 6.19. The van der Waals surface area contributed by atoms with E-state index >= 15 is 0 Å². The standard InChI is InChI=1S/C19H20BrNO3S/c1-13(2)21-19(22)18(12-14-5-4-6-16(20)11-14)15-7-9-17(10-8-15)25(3,23)24/h4-13H,1-3H3,(H,21,22). The van der Waals surface area contributed by atoms with Crippen molar-refractivity contribution in [3.8, 4) is 0 Å². The normalized spacial score (nSPS) is 12.3. The third kappa shape index (κ3) is 5.54. The topological polar surface area (TPSA) is 63.2 Å². The van der Waals surface area contributed by atoms with Gasteiger partial charge in [-0.05, 0) is 55.3 Å². The van der Waals surface area contributed by atoms with E-state index in [4.69, 9.17) is 0 Å². The molecule has 4 nitrogen and oxygen atoms in total. The molecule has 0 aliphatic rings. The van der Waals surface area contributed by atoms with Crippen LogP contribution < -0.4 is 5.32 Å². The fourth-order valence-corrected chi connectivity index (χ4v) is 3.31. The maximum absolute atomic E-state index is 12.6. The fourth-order valence-electron chi connectivity index (χ4n) is 2.26. The zero-order chi connectivity index (χ0) is 18.6. The van der Waals surface area contributed by atoms with Crippen molar-refractivity contribution in [3.63, 3.8) is 0 Å². The van der Waals surface area contributed by atoms with Crippen molar-refractivity contribution < 1.29 is 13.2 Å². The van der Waals surface area contributed by atoms with Gasteiger partial charge in [0.2, 0.25) is 0 Å². The molecule has 1 amide bonds. The maximum Gasteiger partial charge on any atom is 0.252 e. The highest BCUT2D eigenvalue weighted by Gasteiger charge is 2.15. The van der Waals surface area contributed by atoms with Crippen LogP contribution >= 0.6 is 15.9 Å². The van der Waals surface area contributed by atoms with E-state index < -0.39 is 9.84 Å². The minimum absolute atomic E-state index is 0.00583. The lowest BCUT2D eigenvalue weighted by atomic mass is 10.0. The molecular formula is C19H20BrNO3S. The van der Waals surface area contributed by atoms with Crippen LogP contribution in [0.25, 0.3) is 11.6 Å². The summed E-state index contributed by atoms with van der Waals surface area (Å²) < 4.78 is 24.2. The number of halogens is 1. The van der Waals surface area contributed by atoms with E-state index in [-0.39, 0.29) is 16.8 Å². The molecular weight excluding hydrogens is 402 g/mol. The van der Waals surface area contributed by atoms with Gasteiger partial charge in [0.05, 0.1) is 4.90 Å². The quantitative estimate of drug-likeness (QED) is 0.587. The van der Waals surface area contributed by atoms with E-state index in [0.29, 0.717) is 11.1 Å². The van der Waals surface area contributed by atoms with Crippen LogP contribution in [0.3, 0.4) is 0 Å². The SMILES string of the molecule is CC(C)NC(=O)C(=Cc1cccc(Br)c1)c1ccc(S(C)(=O)=O)cc1. The number of benzene rings is 2. The Hall–Kier alpha value is -1.92. The summed E-state index contributed by atoms with van der Waals surface area (Å²) in [6.07, 6.45) is 2.95. The van der Waals surface area contributed by atoms with Gasteiger partial charge in [0, 0.05) is 22.3 Å². The Morgan fingerprint density at radius 1 is 1.12 bits per heavy atom. The van der Waals surface area contributed by atoms with E-state index in [1.165, 1.54) is 12.1 Å². The summed E-state index contributed by atoms with van der Waals surface area (Å²) in [5.74, 6) is -0.206. The highest BCUT2D eigenvalue weighted by Crippen LogP contribution is 2.22. The molecule has 0 heterocycles. The van der Waals surface area contributed by atoms with Crippen LogP contribution in [0.5, 0.6) is 0 Å². The number of hydrogen-bond donors (Lipinski definition) is 1. The molecule has 0 saturated carbocycles. The Bertz CT molecular complexity index is 901. The summed E-state index contributed by atoms with van der Waals surface area (Å²) in [5.41, 5.74) is 2.01. The number of sulfone groups is 1. The summed E-state index contributed by atoms with van der Waals surface area (Å²) in [6, 6.07) is 13.9. The molecule has 0 fully saturated rings. The second-order valence-electron chi connectivity index (χ2n) is 6.04. The zero-order valence-electron chi connectivity index (χ0n) is 14.3. The van der Waals surface area contributed by atoms with E-state index in [2.05, 4.69) is 21.2 Å². The molecule has 132 valence electrons. The highest BCUT2D eigenvalue weighted by molar-refractivity contribution is 9.10. The molecule has 0 saturated heterocycles. The predicted molar refractivity (Wildman–Crippen MR) is 105 cm³/mol. The Labute approximate surface area is 157 Å². The van der Waals surface area contributed by atoms with Crippen molar-refractivity contribution in [2.24, 2.45) is 0 Å². The van der Waals surface area contributed by atoms with Gasteiger partial charge >= 0.3 is 0 Å². The van der Waals surface area contributed by atoms with Crippen LogP contribution in [-0.4, -0.2) is 26.6 Å². The molecule has 2 rings (SSSR count). The largest absolute Gasteiger partial charge is 0.350 e. The molecule has 0 unspecified atom stereocenters. The van der Waals surface area contributed by atoms with E-state index in [9.17, 15) is 13.2 Å². The average Bonchev–Trinajstić information content (AvgIpc) is 2.51. The molecule has 0 aliphatic heterocycles. The first-order chi connectivity index (χ1) is 11.7. The van der Waals surface area contributed by atoms with Crippen LogP contribution in [-0.2, 0) is 14.6 Å². The van der Waals surface area contributed by atoms with Gasteiger partial charge in [0.1, 0.15) is 0 Å². The highest BCUT2D eigenvalue weighted by atomic mass is 79.9. The number of rotatable bonds is 5. The van der Waals surface area contributed by atoms with E-state index in [1.54, 1.807) is 18.2 Å². The van der Waals surface area contributed by atoms with Crippen LogP contribution in [0, 0.1) is 0 Å². The molecule has 2 aromatic rings. The monoisotopic (exact) mass is 421 g/mol. The lowest BCUT2D eigenvalue weighted by Gasteiger charge is -2.13. The van der Waals surface area contributed by atoms with Crippen molar-refractivity contribution in [1.29, 1.82) is 0 Å². The minimum atomic E-state index is -3.28. The number of nitrogens with one attached hydrogen (secondary N) is 1. The number of hydrogen-bond acceptors (Lipinski definition) is 3. The number of amides is 1. The summed E-state index contributed by atoms with van der Waals surface area (Å²) in [4.78, 5) is 12.8. The second-order valence-corrected chi connectivity index (χ2v) is 8.97. The van der Waals surface area contributed by atoms with E-state index in [1.807, 2.05) is 38.1 Å². The van der Waals surface area contributed by atoms with Gasteiger partial charge in [-0.2, -0.15) is 0 Å². The first-order valence-corrected chi connectivity index (χ1v) is 10.4. The number of carbonyl (C=O) groups excluding carboxylic acids is 1. The van der Waals surface area contributed by atoms with Gasteiger partial charge in [-0.15, -0.1) is 0 Å². The third-order valence-corrected chi connectivity index (χ3v) is 5.04. The summed E-state index contributed by atoms with van der Waals surface area (Å²) in [6.45, 7) is 3.78. The van der Waals surface area contributed by atoms with E-state index in [0.717, 1.165) is 16.3 Å². The average molecular weight is 422 g/mol. The van der Waals surface area contributed by atoms with Gasteiger partial charge in [0.25, 0.3) is 5.91 Å². The molecule has 6 heteroatoms. The number of carbonyl (C=O) groups is 1. The second kappa shape index (κ2) is 7.97. The molecule has 0 aromatic heterocycles. The van der Waals surface area contributed by atoms with Crippen molar-refractivity contribution in [1.82, 2.24) is 5.32 Å². The van der Waals surface area contributed by atoms with Gasteiger partial charge < -0.3 is 5.32 Å². The minimum Gasteiger partial charge on any atom is -0.350 e. The Morgan fingerprint density at radius 2 is 1.76 bits per heavy atom. The van der Waals surface area contributed by atoms with Crippen LogP contribution in [0.1, 0.15) is 25.0 Å². The van der Waals surface area contributed by atoms with Gasteiger partial charge in [0.15, 0.2) is 9.84 Å². The van der Waals surface area contributed by atoms with Crippen molar-refractivity contribution >= 4 is 43.3 Å². The van der Waals surface area contributed by atoms with Gasteiger partial charge in [-0.25, -0.2) is 8.42 Å². The molecule has 1 N–H and O–H groups in total. The van der Waals surface area contributed by atoms with Crippen LogP contribution in [0.4, 0.5) is 0 Å². The smallest absolute Gasteiger partial charge is 0.252 e. The molecule has 25 heavy (non-hydrogen) atoms. The lowest BCUT2D eigenvalue weighted by molar-refractivity contribution is -0.116. The van der Waals surface area contributed by atoms with Crippen molar-refractivity contribution in [3.05, 3.63) is 64.1 Å². The van der Waals surface area contributed by atoms with Crippen LogP contribution in [0.15, 0.2) is 57.9 Å². The maximum atomic E-state index is 12.6. The zero-order valence-corrected chi connectivity index (χ0v) is 16.7. The lowest BCUT2D eigenvalue weighted by Crippen LogP contribution is -2.30. The van der Waals surface area contributed by atoms with Crippen molar-refractivity contribution in [2.45, 2.75) is 24.8 Å². The summed E-state index contributed by atoms with van der Waals surface area (Å²) in [7, 11) is -3.28. The molecule has 0 atom stereocenters. The molecule has 0 radical (unpaired) electrons. The molecule has 0 aliphatic carbocycles. The van der Waals surface area contributed by atoms with Crippen LogP contribution in [0.2, 0.25) is 0 Å². The Balaban J connectivity index is 2.49. The summed E-state index contributed by atoms with van der Waals surface area (Å²) in [5, 5.41) is 2.88. The first kappa shape index (κ1) is 19.4. The fraction of sp³-hybridized carbons (Fsp3) is 0.211. The molecule has 0 spiro atoms. The van der Waals surface area contributed by atoms with Crippen molar-refractivity contribution in [2.75, 3.05) is 6.26 Å². The molecule has 2 aromatic carbocycles. The Morgan fingerprint density at radius 3 is 2.28 bits per heavy atom. The third-order valence-electron chi connectivity index (χ3n) is 3.42. The van der Waals surface area contributed by atoms with Gasteiger partial charge in [-0.3, -0.25) is 4.79 Å². The predicted octanol–water partition coefficient (Wildman–Crippen LogP) is 3.92. The summed E-state index contributed by atoms with van der Waals surface area (Å²) >= 11 is 3.42. The van der Waals surface area contributed by atoms with Gasteiger partial charge in [-0.1, -0.05) is 40.2 Å². The first-order valence-electron chi connectivity index (χ1n) is 7.75.